The van der Waals surface area contributed by atoms with Crippen LogP contribution < -0.4 is 24.8 Å². The fourth-order valence-electron chi connectivity index (χ4n) is 9.09. The smallest absolute Gasteiger partial charge is 0.303 e. The zero-order valence-electron chi connectivity index (χ0n) is 39.4. The number of methoxy groups -OCH3 is 1. The highest BCUT2D eigenvalue weighted by atomic mass is 16.5. The number of likely N-dealkylation sites (N-methyl/N-ethyl adjacent to an activating group) is 1. The van der Waals surface area contributed by atoms with Crippen molar-refractivity contribution in [2.45, 2.75) is 57.7 Å². The number of imidazole rings is 3. The number of rotatable bonds is 20. The third-order valence-corrected chi connectivity index (χ3v) is 12.9. The molecule has 5 heterocycles. The number of carbonyl (C=O) groups excluding carboxylic acids is 1. The number of carboxylic acid groups (broad SMARTS) is 1. The number of amides is 1. The molecule has 17 heteroatoms. The molecule has 2 aliphatic heterocycles. The summed E-state index contributed by atoms with van der Waals surface area (Å²) >= 11 is 0. The Balaban J connectivity index is 0.745. The number of piperazine rings is 1. The summed E-state index contributed by atoms with van der Waals surface area (Å²) in [5, 5.41) is 9.12. The molecule has 1 amide bonds. The normalized spacial score (nSPS) is 15.9. The summed E-state index contributed by atoms with van der Waals surface area (Å²) in [5.74, 6) is 2.06. The number of aliphatic carboxylic acids is 1. The Morgan fingerprint density at radius 3 is 2.29 bits per heavy atom. The van der Waals surface area contributed by atoms with Crippen LogP contribution in [0.5, 0.6) is 17.2 Å². The van der Waals surface area contributed by atoms with Gasteiger partial charge in [-0.05, 0) is 106 Å². The molecule has 3 aromatic heterocycles. The van der Waals surface area contributed by atoms with E-state index in [1.807, 2.05) is 37.3 Å². The van der Waals surface area contributed by atoms with Gasteiger partial charge in [0.2, 0.25) is 0 Å². The maximum absolute atomic E-state index is 14.2. The molecule has 2 atom stereocenters. The average molecular weight is 937 g/mol. The van der Waals surface area contributed by atoms with Crippen LogP contribution in [0.2, 0.25) is 0 Å². The van der Waals surface area contributed by atoms with Crippen molar-refractivity contribution in [1.29, 1.82) is 0 Å². The standard InChI is InChI=1S/C52H60N10O7/c1-5-67-52(61-31-36(54-32-61)12-18-48(63)64)45-25-33(2)30-62(45)51(65)39-28-46(66-4)47(29-40(39)53)69-24-8-6-7-23-68-38-14-9-34(10-15-38)49-55-41-16-11-35(26-43(41)57-49)50-56-42-17-13-37(27-44(42)58-50)60-21-19-59(3)20-22-60/h9-11,13-17,26-29,31-32,45,52H,2,5-8,12,18-25,30,53H2,1,3-4H3,(H,55,57)(H,56,58)(H,63,64)/t45-,52?/m0/s1. The van der Waals surface area contributed by atoms with Crippen molar-refractivity contribution in [2.24, 2.45) is 0 Å². The Hall–Kier alpha value is -7.37. The maximum atomic E-state index is 14.2. The number of carbonyl (C=O) groups is 2. The Kier molecular flexibility index (Phi) is 14.1. The number of nitrogens with zero attached hydrogens (tertiary/aromatic N) is 7. The number of ether oxygens (including phenoxy) is 4. The molecular weight excluding hydrogens is 877 g/mol. The summed E-state index contributed by atoms with van der Waals surface area (Å²) < 4.78 is 25.8. The summed E-state index contributed by atoms with van der Waals surface area (Å²) in [6.45, 7) is 11.9. The third kappa shape index (κ3) is 10.7. The van der Waals surface area contributed by atoms with Gasteiger partial charge in [-0.1, -0.05) is 12.2 Å². The van der Waals surface area contributed by atoms with Crippen molar-refractivity contribution in [3.63, 3.8) is 0 Å². The molecule has 1 unspecified atom stereocenters. The van der Waals surface area contributed by atoms with E-state index in [1.165, 1.54) is 12.8 Å². The number of carboxylic acids is 1. The zero-order valence-corrected chi connectivity index (χ0v) is 39.4. The zero-order chi connectivity index (χ0) is 48.0. The van der Waals surface area contributed by atoms with Gasteiger partial charge in [-0.25, -0.2) is 15.0 Å². The number of H-pyrrole nitrogens is 2. The number of aromatic nitrogens is 6. The third-order valence-electron chi connectivity index (χ3n) is 12.9. The van der Waals surface area contributed by atoms with Gasteiger partial charge in [0.25, 0.3) is 5.91 Å². The maximum Gasteiger partial charge on any atom is 0.303 e. The quantitative estimate of drug-likeness (QED) is 0.0326. The fraction of sp³-hybridized carbons (Fsp3) is 0.365. The van der Waals surface area contributed by atoms with E-state index in [-0.39, 0.29) is 30.0 Å². The van der Waals surface area contributed by atoms with Crippen molar-refractivity contribution in [3.05, 3.63) is 109 Å². The minimum Gasteiger partial charge on any atom is -0.494 e. The number of hydrogen-bond acceptors (Lipinski definition) is 12. The second-order valence-electron chi connectivity index (χ2n) is 17.8. The highest BCUT2D eigenvalue weighted by Crippen LogP contribution is 2.37. The minimum atomic E-state index is -0.897. The van der Waals surface area contributed by atoms with E-state index in [0.29, 0.717) is 50.0 Å². The van der Waals surface area contributed by atoms with Gasteiger partial charge in [0, 0.05) is 80.5 Å². The number of nitrogens with two attached hydrogens (primary N) is 1. The van der Waals surface area contributed by atoms with Crippen molar-refractivity contribution in [2.75, 3.05) is 77.3 Å². The Morgan fingerprint density at radius 2 is 1.57 bits per heavy atom. The molecular formula is C52H60N10O7. The van der Waals surface area contributed by atoms with Crippen LogP contribution in [0.1, 0.15) is 61.3 Å². The van der Waals surface area contributed by atoms with Crippen LogP contribution in [0.4, 0.5) is 11.4 Å². The van der Waals surface area contributed by atoms with E-state index in [1.54, 1.807) is 34.1 Å². The van der Waals surface area contributed by atoms with Crippen LogP contribution in [-0.4, -0.2) is 129 Å². The summed E-state index contributed by atoms with van der Waals surface area (Å²) in [4.78, 5) is 53.0. The number of anilines is 2. The molecule has 2 aliphatic rings. The van der Waals surface area contributed by atoms with Crippen LogP contribution in [-0.2, 0) is 16.0 Å². The summed E-state index contributed by atoms with van der Waals surface area (Å²) in [6, 6.07) is 23.5. The topological polar surface area (TPSA) is 202 Å². The summed E-state index contributed by atoms with van der Waals surface area (Å²) in [6.07, 6.45) is 6.07. The first kappa shape index (κ1) is 46.7. The van der Waals surface area contributed by atoms with E-state index in [9.17, 15) is 9.59 Å². The van der Waals surface area contributed by atoms with Gasteiger partial charge < -0.3 is 59.0 Å². The van der Waals surface area contributed by atoms with E-state index < -0.39 is 18.2 Å². The Bertz CT molecular complexity index is 2930. The molecule has 7 aromatic rings. The van der Waals surface area contributed by atoms with Crippen molar-refractivity contribution in [1.82, 2.24) is 39.3 Å². The minimum absolute atomic E-state index is 0.0337. The van der Waals surface area contributed by atoms with Crippen LogP contribution in [0.15, 0.2) is 97.5 Å². The first-order valence-electron chi connectivity index (χ1n) is 23.6. The number of fused-ring (bicyclic) bond motifs is 2. The molecule has 4 aromatic carbocycles. The number of aromatic amines is 2. The van der Waals surface area contributed by atoms with Crippen LogP contribution >= 0.6 is 0 Å². The van der Waals surface area contributed by atoms with E-state index in [0.717, 1.165) is 102 Å². The lowest BCUT2D eigenvalue weighted by molar-refractivity contribution is -0.137. The number of likely N-dealkylation sites (tertiary alicyclic amines) is 1. The number of nitrogens with one attached hydrogen (secondary N) is 2. The van der Waals surface area contributed by atoms with Crippen LogP contribution in [0.25, 0.3) is 44.8 Å². The lowest BCUT2D eigenvalue weighted by Crippen LogP contribution is -2.44. The molecule has 5 N–H and O–H groups in total. The van der Waals surface area contributed by atoms with Crippen molar-refractivity contribution in [3.8, 4) is 40.0 Å². The molecule has 0 bridgehead atoms. The lowest BCUT2D eigenvalue weighted by atomic mass is 10.1. The van der Waals surface area contributed by atoms with Gasteiger partial charge in [0.1, 0.15) is 17.4 Å². The van der Waals surface area contributed by atoms with Gasteiger partial charge in [-0.15, -0.1) is 0 Å². The van der Waals surface area contributed by atoms with Gasteiger partial charge in [0.05, 0.1) is 72.4 Å². The molecule has 0 aliphatic carbocycles. The van der Waals surface area contributed by atoms with Crippen molar-refractivity contribution < 1.29 is 33.6 Å². The molecule has 9 rings (SSSR count). The molecule has 0 spiro atoms. The highest BCUT2D eigenvalue weighted by Gasteiger charge is 2.39. The Morgan fingerprint density at radius 1 is 0.870 bits per heavy atom. The van der Waals surface area contributed by atoms with Crippen molar-refractivity contribution >= 4 is 45.3 Å². The molecule has 360 valence electrons. The first-order chi connectivity index (χ1) is 33.5. The number of aryl methyl sites for hydroxylation is 1. The van der Waals surface area contributed by atoms with Gasteiger partial charge in [-0.2, -0.15) is 0 Å². The molecule has 2 saturated heterocycles. The van der Waals surface area contributed by atoms with E-state index in [2.05, 4.69) is 68.7 Å². The number of hydrogen-bond donors (Lipinski definition) is 4. The van der Waals surface area contributed by atoms with E-state index in [4.69, 9.17) is 39.8 Å². The molecule has 17 nitrogen and oxygen atoms in total. The lowest BCUT2D eigenvalue weighted by Gasteiger charge is -2.34. The molecule has 0 saturated carbocycles. The molecule has 69 heavy (non-hydrogen) atoms. The highest BCUT2D eigenvalue weighted by molar-refractivity contribution is 6.00. The molecule has 0 radical (unpaired) electrons. The average Bonchev–Trinajstić information content (AvgIpc) is 4.18. The monoisotopic (exact) mass is 936 g/mol. The largest absolute Gasteiger partial charge is 0.494 e. The summed E-state index contributed by atoms with van der Waals surface area (Å²) in [7, 11) is 3.70. The predicted octanol–water partition coefficient (Wildman–Crippen LogP) is 7.96. The Labute approximate surface area is 400 Å². The van der Waals surface area contributed by atoms with Gasteiger partial charge in [-0.3, -0.25) is 9.59 Å². The summed E-state index contributed by atoms with van der Waals surface area (Å²) in [5.41, 5.74) is 15.5. The number of unbranched alkanes of at least 4 members (excludes halogenated alkanes) is 2. The van der Waals surface area contributed by atoms with Crippen LogP contribution in [0.3, 0.4) is 0 Å². The van der Waals surface area contributed by atoms with Crippen LogP contribution in [0, 0.1) is 0 Å². The van der Waals surface area contributed by atoms with Gasteiger partial charge >= 0.3 is 5.97 Å². The second-order valence-corrected chi connectivity index (χ2v) is 17.8. The molecule has 2 fully saturated rings. The second kappa shape index (κ2) is 20.9. The SMILES string of the molecule is C=C1C[C@@H](C(OCC)n2cnc(CCC(=O)O)c2)N(C(=O)c2cc(OC)c(OCCCCCOc3ccc(-c4nc5ccc(-c6nc7ccc(N8CCN(C)CC8)cc7[nH]6)cc5[nH]4)cc3)cc2N)C1. The predicted molar refractivity (Wildman–Crippen MR) is 266 cm³/mol. The first-order valence-corrected chi connectivity index (χ1v) is 23.6. The number of benzene rings is 4. The fourth-order valence-corrected chi connectivity index (χ4v) is 9.09. The van der Waals surface area contributed by atoms with E-state index >= 15 is 0 Å². The number of nitrogen functional groups attached to an aromatic ring is 1. The van der Waals surface area contributed by atoms with Gasteiger partial charge in [0.15, 0.2) is 17.7 Å².